The molecule has 1 amide bonds. The van der Waals surface area contributed by atoms with Gasteiger partial charge in [0.05, 0.1) is 5.56 Å². The molecular formula is C23H23NOS. The van der Waals surface area contributed by atoms with Crippen LogP contribution in [0, 0.1) is 0 Å². The minimum Gasteiger partial charge on any atom is -0.339 e. The monoisotopic (exact) mass is 361 g/mol. The highest BCUT2D eigenvalue weighted by atomic mass is 32.1. The minimum absolute atomic E-state index is 0.203. The molecule has 0 aliphatic carbocycles. The van der Waals surface area contributed by atoms with Gasteiger partial charge in [-0.2, -0.15) is 0 Å². The zero-order valence-corrected chi connectivity index (χ0v) is 15.7. The van der Waals surface area contributed by atoms with Gasteiger partial charge in [0, 0.05) is 23.3 Å². The Morgan fingerprint density at radius 3 is 2.23 bits per heavy atom. The summed E-state index contributed by atoms with van der Waals surface area (Å²) in [5, 5.41) is 2.07. The highest BCUT2D eigenvalue weighted by Gasteiger charge is 2.24. The van der Waals surface area contributed by atoms with E-state index in [1.165, 1.54) is 28.0 Å². The van der Waals surface area contributed by atoms with E-state index >= 15 is 0 Å². The average Bonchev–Trinajstić information content (AvgIpc) is 3.13. The minimum atomic E-state index is 0.203. The summed E-state index contributed by atoms with van der Waals surface area (Å²) in [6, 6.07) is 20.9. The fourth-order valence-corrected chi connectivity index (χ4v) is 4.71. The predicted molar refractivity (Wildman–Crippen MR) is 109 cm³/mol. The molecule has 4 rings (SSSR count). The van der Waals surface area contributed by atoms with Gasteiger partial charge in [-0.25, -0.2) is 0 Å². The highest BCUT2D eigenvalue weighted by Crippen LogP contribution is 2.35. The molecule has 1 aromatic heterocycles. The van der Waals surface area contributed by atoms with E-state index in [0.29, 0.717) is 0 Å². The molecule has 0 N–H and O–H groups in total. The van der Waals surface area contributed by atoms with E-state index in [9.17, 15) is 4.79 Å². The van der Waals surface area contributed by atoms with Crippen LogP contribution in [0.4, 0.5) is 0 Å². The first-order valence-electron chi connectivity index (χ1n) is 9.32. The van der Waals surface area contributed by atoms with Crippen molar-refractivity contribution in [1.82, 2.24) is 4.90 Å². The van der Waals surface area contributed by atoms with E-state index in [2.05, 4.69) is 53.9 Å². The van der Waals surface area contributed by atoms with Crippen LogP contribution in [0.25, 0.3) is 10.4 Å². The van der Waals surface area contributed by atoms with Crippen molar-refractivity contribution in [3.05, 3.63) is 82.7 Å². The van der Waals surface area contributed by atoms with Crippen molar-refractivity contribution in [2.24, 2.45) is 0 Å². The maximum Gasteiger partial charge on any atom is 0.255 e. The molecule has 1 aliphatic rings. The number of thiophene rings is 1. The molecule has 2 heterocycles. The van der Waals surface area contributed by atoms with E-state index in [0.717, 1.165) is 37.9 Å². The molecule has 0 saturated carbocycles. The number of rotatable bonds is 4. The summed E-state index contributed by atoms with van der Waals surface area (Å²) in [5.41, 5.74) is 4.50. The number of piperidine rings is 1. The van der Waals surface area contributed by atoms with E-state index in [1.54, 1.807) is 11.3 Å². The van der Waals surface area contributed by atoms with Gasteiger partial charge in [-0.1, -0.05) is 60.7 Å². The lowest BCUT2D eigenvalue weighted by atomic mass is 9.97. The van der Waals surface area contributed by atoms with Crippen LogP contribution in [0.15, 0.2) is 66.0 Å². The van der Waals surface area contributed by atoms with Crippen LogP contribution in [-0.4, -0.2) is 23.9 Å². The summed E-state index contributed by atoms with van der Waals surface area (Å²) in [6.07, 6.45) is 4.27. The van der Waals surface area contributed by atoms with Crippen molar-refractivity contribution in [3.8, 4) is 10.4 Å². The highest BCUT2D eigenvalue weighted by molar-refractivity contribution is 7.14. The van der Waals surface area contributed by atoms with Crippen LogP contribution in [-0.2, 0) is 6.42 Å². The van der Waals surface area contributed by atoms with Gasteiger partial charge < -0.3 is 4.90 Å². The number of amides is 1. The van der Waals surface area contributed by atoms with Gasteiger partial charge in [0.2, 0.25) is 0 Å². The van der Waals surface area contributed by atoms with Crippen molar-refractivity contribution < 1.29 is 4.79 Å². The number of hydrogen-bond donors (Lipinski definition) is 0. The van der Waals surface area contributed by atoms with Crippen molar-refractivity contribution in [1.29, 1.82) is 0 Å². The largest absolute Gasteiger partial charge is 0.339 e. The number of likely N-dealkylation sites (tertiary alicyclic amines) is 1. The van der Waals surface area contributed by atoms with Crippen LogP contribution in [0.1, 0.15) is 40.7 Å². The number of carbonyl (C=O) groups is 1. The molecule has 0 atom stereocenters. The second-order valence-electron chi connectivity index (χ2n) is 6.84. The Morgan fingerprint density at radius 2 is 1.54 bits per heavy atom. The lowest BCUT2D eigenvalue weighted by Crippen LogP contribution is -2.35. The fourth-order valence-electron chi connectivity index (χ4n) is 3.64. The lowest BCUT2D eigenvalue weighted by Gasteiger charge is -2.27. The van der Waals surface area contributed by atoms with Crippen LogP contribution in [0.3, 0.4) is 0 Å². The normalized spacial score (nSPS) is 14.4. The molecule has 26 heavy (non-hydrogen) atoms. The first-order valence-corrected chi connectivity index (χ1v) is 10.2. The summed E-state index contributed by atoms with van der Waals surface area (Å²) in [6.45, 7) is 1.78. The Labute approximate surface area is 159 Å². The number of carbonyl (C=O) groups excluding carboxylic acids is 1. The summed E-state index contributed by atoms with van der Waals surface area (Å²) >= 11 is 1.69. The Bertz CT molecular complexity index is 864. The molecule has 0 radical (unpaired) electrons. The van der Waals surface area contributed by atoms with Gasteiger partial charge in [-0.15, -0.1) is 11.3 Å². The summed E-state index contributed by atoms with van der Waals surface area (Å²) in [5.74, 6) is 0.203. The Balaban J connectivity index is 1.73. The SMILES string of the molecule is O=C(c1csc(-c2ccccc2)c1Cc1ccccc1)N1CCCCC1. The zero-order valence-electron chi connectivity index (χ0n) is 14.9. The van der Waals surface area contributed by atoms with Crippen LogP contribution >= 0.6 is 11.3 Å². The van der Waals surface area contributed by atoms with Crippen molar-refractivity contribution in [3.63, 3.8) is 0 Å². The second-order valence-corrected chi connectivity index (χ2v) is 7.72. The molecule has 3 aromatic rings. The fraction of sp³-hybridized carbons (Fsp3) is 0.261. The van der Waals surface area contributed by atoms with E-state index in [4.69, 9.17) is 0 Å². The molecule has 0 spiro atoms. The van der Waals surface area contributed by atoms with Gasteiger partial charge >= 0.3 is 0 Å². The van der Waals surface area contributed by atoms with Crippen LogP contribution in [0.5, 0.6) is 0 Å². The average molecular weight is 362 g/mol. The standard InChI is InChI=1S/C23H23NOS/c25-23(24-14-8-3-9-15-24)21-17-26-22(19-12-6-2-7-13-19)20(21)16-18-10-4-1-5-11-18/h1-2,4-7,10-13,17H,3,8-9,14-16H2. The first kappa shape index (κ1) is 17.0. The molecular weight excluding hydrogens is 338 g/mol. The quantitative estimate of drug-likeness (QED) is 0.589. The van der Waals surface area contributed by atoms with E-state index in [1.807, 2.05) is 17.0 Å². The Morgan fingerprint density at radius 1 is 0.885 bits per heavy atom. The van der Waals surface area contributed by atoms with E-state index in [-0.39, 0.29) is 5.91 Å². The molecule has 1 fully saturated rings. The third-order valence-corrected chi connectivity index (χ3v) is 6.10. The summed E-state index contributed by atoms with van der Waals surface area (Å²) < 4.78 is 0. The number of nitrogens with zero attached hydrogens (tertiary/aromatic N) is 1. The van der Waals surface area contributed by atoms with Gasteiger partial charge in [-0.05, 0) is 42.4 Å². The Kier molecular flexibility index (Phi) is 5.16. The molecule has 2 aromatic carbocycles. The number of benzene rings is 2. The molecule has 3 heteroatoms. The van der Waals surface area contributed by atoms with Gasteiger partial charge in [-0.3, -0.25) is 4.79 Å². The third kappa shape index (κ3) is 3.58. The van der Waals surface area contributed by atoms with E-state index < -0.39 is 0 Å². The van der Waals surface area contributed by atoms with Gasteiger partial charge in [0.1, 0.15) is 0 Å². The predicted octanol–water partition coefficient (Wildman–Crippen LogP) is 5.63. The molecule has 1 saturated heterocycles. The number of hydrogen-bond acceptors (Lipinski definition) is 2. The Hall–Kier alpha value is -2.39. The van der Waals surface area contributed by atoms with Crippen molar-refractivity contribution in [2.75, 3.05) is 13.1 Å². The molecule has 2 nitrogen and oxygen atoms in total. The van der Waals surface area contributed by atoms with Gasteiger partial charge in [0.15, 0.2) is 0 Å². The first-order chi connectivity index (χ1) is 12.8. The summed E-state index contributed by atoms with van der Waals surface area (Å²) in [4.78, 5) is 16.4. The molecule has 132 valence electrons. The molecule has 0 bridgehead atoms. The maximum atomic E-state index is 13.2. The zero-order chi connectivity index (χ0) is 17.8. The maximum absolute atomic E-state index is 13.2. The summed E-state index contributed by atoms with van der Waals surface area (Å²) in [7, 11) is 0. The van der Waals surface area contributed by atoms with Crippen LogP contribution in [0.2, 0.25) is 0 Å². The smallest absolute Gasteiger partial charge is 0.255 e. The van der Waals surface area contributed by atoms with Crippen molar-refractivity contribution >= 4 is 17.2 Å². The molecule has 1 aliphatic heterocycles. The third-order valence-electron chi connectivity index (χ3n) is 5.03. The van der Waals surface area contributed by atoms with Crippen molar-refractivity contribution in [2.45, 2.75) is 25.7 Å². The second kappa shape index (κ2) is 7.88. The topological polar surface area (TPSA) is 20.3 Å². The van der Waals surface area contributed by atoms with Crippen LogP contribution < -0.4 is 0 Å². The van der Waals surface area contributed by atoms with Gasteiger partial charge in [0.25, 0.3) is 5.91 Å². The lowest BCUT2D eigenvalue weighted by molar-refractivity contribution is 0.0724. The molecule has 0 unspecified atom stereocenters.